The number of carbonyl (C=O) groups excluding carboxylic acids is 1. The van der Waals surface area contributed by atoms with Gasteiger partial charge in [-0.05, 0) is 44.7 Å². The Morgan fingerprint density at radius 2 is 2.00 bits per heavy atom. The molecule has 1 aliphatic carbocycles. The fourth-order valence-electron chi connectivity index (χ4n) is 2.21. The van der Waals surface area contributed by atoms with E-state index in [1.807, 2.05) is 24.3 Å². The number of hydrogen-bond acceptors (Lipinski definition) is 1. The van der Waals surface area contributed by atoms with Crippen LogP contribution >= 0.6 is 11.6 Å². The molecule has 0 spiro atoms. The highest BCUT2D eigenvalue weighted by Crippen LogP contribution is 2.32. The third-order valence-electron chi connectivity index (χ3n) is 3.77. The standard InChI is InChI=1S/C15H21ClN2O/c1-10(12-5-7-14(16)8-6-12)17-9-15(19)18-11(2)13-3-4-13/h5-8,10-11,13,17H,3-4,9H2,1-2H3,(H,18,19)/p+1/t10-,11-/m1/s1. The zero-order valence-electron chi connectivity index (χ0n) is 11.5. The van der Waals surface area contributed by atoms with Crippen LogP contribution in [0.3, 0.4) is 0 Å². The Morgan fingerprint density at radius 3 is 2.58 bits per heavy atom. The molecule has 1 amide bonds. The maximum atomic E-state index is 11.8. The fraction of sp³-hybridized carbons (Fsp3) is 0.533. The summed E-state index contributed by atoms with van der Waals surface area (Å²) in [6.07, 6.45) is 2.51. The van der Waals surface area contributed by atoms with Crippen molar-refractivity contribution in [2.45, 2.75) is 38.8 Å². The van der Waals surface area contributed by atoms with Gasteiger partial charge < -0.3 is 10.6 Å². The van der Waals surface area contributed by atoms with Gasteiger partial charge in [-0.25, -0.2) is 0 Å². The van der Waals surface area contributed by atoms with Gasteiger partial charge in [-0.15, -0.1) is 0 Å². The topological polar surface area (TPSA) is 45.7 Å². The Labute approximate surface area is 119 Å². The number of hydrogen-bond donors (Lipinski definition) is 2. The molecule has 0 aromatic heterocycles. The second kappa shape index (κ2) is 6.40. The SMILES string of the molecule is C[C@@H]([NH2+]CC(=O)N[C@H](C)C1CC1)c1ccc(Cl)cc1. The summed E-state index contributed by atoms with van der Waals surface area (Å²) in [6.45, 7) is 4.67. The molecule has 0 saturated heterocycles. The maximum Gasteiger partial charge on any atom is 0.275 e. The van der Waals surface area contributed by atoms with Gasteiger partial charge in [0.05, 0.1) is 0 Å². The lowest BCUT2D eigenvalue weighted by molar-refractivity contribution is -0.682. The number of nitrogens with one attached hydrogen (secondary N) is 1. The van der Waals surface area contributed by atoms with Gasteiger partial charge in [0.25, 0.3) is 5.91 Å². The van der Waals surface area contributed by atoms with E-state index in [0.29, 0.717) is 18.5 Å². The highest BCUT2D eigenvalue weighted by atomic mass is 35.5. The van der Waals surface area contributed by atoms with Gasteiger partial charge in [-0.2, -0.15) is 0 Å². The summed E-state index contributed by atoms with van der Waals surface area (Å²) in [4.78, 5) is 11.8. The predicted octanol–water partition coefficient (Wildman–Crippen LogP) is 1.88. The molecule has 1 fully saturated rings. The summed E-state index contributed by atoms with van der Waals surface area (Å²) in [5.74, 6) is 0.831. The quantitative estimate of drug-likeness (QED) is 0.822. The van der Waals surface area contributed by atoms with Crippen LogP contribution in [0.2, 0.25) is 5.02 Å². The summed E-state index contributed by atoms with van der Waals surface area (Å²) in [6, 6.07) is 8.38. The first kappa shape index (κ1) is 14.4. The first-order chi connectivity index (χ1) is 9.06. The number of quaternary nitrogens is 1. The number of rotatable bonds is 6. The number of carbonyl (C=O) groups is 1. The Hall–Kier alpha value is -1.06. The number of halogens is 1. The van der Waals surface area contributed by atoms with Gasteiger partial charge in [0.2, 0.25) is 0 Å². The molecule has 2 rings (SSSR count). The van der Waals surface area contributed by atoms with Gasteiger partial charge >= 0.3 is 0 Å². The molecule has 1 aliphatic rings. The monoisotopic (exact) mass is 281 g/mol. The second-order valence-corrected chi connectivity index (χ2v) is 5.91. The average Bonchev–Trinajstić information content (AvgIpc) is 3.21. The lowest BCUT2D eigenvalue weighted by atomic mass is 10.1. The summed E-state index contributed by atoms with van der Waals surface area (Å²) in [5, 5.41) is 5.86. The van der Waals surface area contributed by atoms with Crippen molar-refractivity contribution in [1.29, 1.82) is 0 Å². The van der Waals surface area contributed by atoms with E-state index in [-0.39, 0.29) is 11.9 Å². The Kier molecular flexibility index (Phi) is 4.83. The van der Waals surface area contributed by atoms with E-state index < -0.39 is 0 Å². The van der Waals surface area contributed by atoms with Gasteiger partial charge in [0, 0.05) is 16.6 Å². The molecule has 0 heterocycles. The van der Waals surface area contributed by atoms with E-state index in [2.05, 4.69) is 24.5 Å². The van der Waals surface area contributed by atoms with Gasteiger partial charge in [0.1, 0.15) is 6.04 Å². The molecule has 0 radical (unpaired) electrons. The molecule has 0 aliphatic heterocycles. The van der Waals surface area contributed by atoms with Crippen LogP contribution in [0.15, 0.2) is 24.3 Å². The van der Waals surface area contributed by atoms with Crippen molar-refractivity contribution in [3.63, 3.8) is 0 Å². The molecule has 4 heteroatoms. The van der Waals surface area contributed by atoms with Crippen LogP contribution in [0.25, 0.3) is 0 Å². The summed E-state index contributed by atoms with van der Waals surface area (Å²) >= 11 is 5.86. The van der Waals surface area contributed by atoms with E-state index in [0.717, 1.165) is 5.02 Å². The van der Waals surface area contributed by atoms with Crippen LogP contribution in [-0.4, -0.2) is 18.5 Å². The first-order valence-electron chi connectivity index (χ1n) is 6.94. The molecule has 1 aromatic rings. The molecule has 2 atom stereocenters. The van der Waals surface area contributed by atoms with Crippen LogP contribution in [-0.2, 0) is 4.79 Å². The van der Waals surface area contributed by atoms with Crippen molar-refractivity contribution in [3.05, 3.63) is 34.9 Å². The first-order valence-corrected chi connectivity index (χ1v) is 7.32. The number of benzene rings is 1. The zero-order valence-corrected chi connectivity index (χ0v) is 12.3. The fourth-order valence-corrected chi connectivity index (χ4v) is 2.34. The maximum absolute atomic E-state index is 11.8. The lowest BCUT2D eigenvalue weighted by Gasteiger charge is -2.14. The molecular formula is C15H22ClN2O+. The average molecular weight is 282 g/mol. The Bertz CT molecular complexity index is 428. The smallest absolute Gasteiger partial charge is 0.275 e. The largest absolute Gasteiger partial charge is 0.348 e. The Morgan fingerprint density at radius 1 is 1.37 bits per heavy atom. The third-order valence-corrected chi connectivity index (χ3v) is 4.02. The molecular weight excluding hydrogens is 260 g/mol. The molecule has 3 N–H and O–H groups in total. The second-order valence-electron chi connectivity index (χ2n) is 5.47. The van der Waals surface area contributed by atoms with Crippen LogP contribution in [0.1, 0.15) is 38.3 Å². The van der Waals surface area contributed by atoms with Crippen molar-refractivity contribution in [2.24, 2.45) is 5.92 Å². The molecule has 3 nitrogen and oxygen atoms in total. The van der Waals surface area contributed by atoms with Gasteiger partial charge in [0.15, 0.2) is 6.54 Å². The van der Waals surface area contributed by atoms with Crippen LogP contribution in [0.4, 0.5) is 0 Å². The Balaban J connectivity index is 1.74. The van der Waals surface area contributed by atoms with Crippen molar-refractivity contribution in [2.75, 3.05) is 6.54 Å². The molecule has 1 aromatic carbocycles. The summed E-state index contributed by atoms with van der Waals surface area (Å²) < 4.78 is 0. The minimum Gasteiger partial charge on any atom is -0.348 e. The molecule has 0 unspecified atom stereocenters. The normalized spacial score (nSPS) is 17.8. The molecule has 0 bridgehead atoms. The van der Waals surface area contributed by atoms with E-state index >= 15 is 0 Å². The van der Waals surface area contributed by atoms with E-state index in [4.69, 9.17) is 11.6 Å². The summed E-state index contributed by atoms with van der Waals surface area (Å²) in [5.41, 5.74) is 1.19. The predicted molar refractivity (Wildman–Crippen MR) is 77.0 cm³/mol. The van der Waals surface area contributed by atoms with Crippen LogP contribution < -0.4 is 10.6 Å². The van der Waals surface area contributed by atoms with Crippen molar-refractivity contribution < 1.29 is 10.1 Å². The number of nitrogens with two attached hydrogens (primary N) is 1. The van der Waals surface area contributed by atoms with Crippen LogP contribution in [0, 0.1) is 5.92 Å². The highest BCUT2D eigenvalue weighted by Gasteiger charge is 2.29. The van der Waals surface area contributed by atoms with Crippen LogP contribution in [0.5, 0.6) is 0 Å². The van der Waals surface area contributed by atoms with Gasteiger partial charge in [-0.3, -0.25) is 4.79 Å². The van der Waals surface area contributed by atoms with Crippen molar-refractivity contribution in [3.8, 4) is 0 Å². The molecule has 19 heavy (non-hydrogen) atoms. The molecule has 1 saturated carbocycles. The summed E-state index contributed by atoms with van der Waals surface area (Å²) in [7, 11) is 0. The van der Waals surface area contributed by atoms with Crippen molar-refractivity contribution in [1.82, 2.24) is 5.32 Å². The minimum atomic E-state index is 0.125. The molecule has 104 valence electrons. The third kappa shape index (κ3) is 4.51. The highest BCUT2D eigenvalue weighted by molar-refractivity contribution is 6.30. The minimum absolute atomic E-state index is 0.125. The zero-order chi connectivity index (χ0) is 13.8. The lowest BCUT2D eigenvalue weighted by Crippen LogP contribution is -2.87. The van der Waals surface area contributed by atoms with Crippen molar-refractivity contribution >= 4 is 17.5 Å². The number of amides is 1. The van der Waals surface area contributed by atoms with E-state index in [9.17, 15) is 4.79 Å². The van der Waals surface area contributed by atoms with Gasteiger partial charge in [-0.1, -0.05) is 23.7 Å². The van der Waals surface area contributed by atoms with E-state index in [1.54, 1.807) is 0 Å². The van der Waals surface area contributed by atoms with E-state index in [1.165, 1.54) is 18.4 Å².